The van der Waals surface area contributed by atoms with Gasteiger partial charge in [-0.05, 0) is 86.5 Å². The van der Waals surface area contributed by atoms with Crippen molar-refractivity contribution in [2.75, 3.05) is 4.90 Å². The molecular weight excluding hydrogens is 727 g/mol. The lowest BCUT2D eigenvalue weighted by molar-refractivity contribution is 0.673. The molecule has 0 N–H and O–H groups in total. The third kappa shape index (κ3) is 6.32. The Morgan fingerprint density at radius 1 is 0.283 bits per heavy atom. The third-order valence-electron chi connectivity index (χ3n) is 11.7. The summed E-state index contributed by atoms with van der Waals surface area (Å²) in [7, 11) is 0. The fourth-order valence-electron chi connectivity index (χ4n) is 8.78. The van der Waals surface area contributed by atoms with Crippen LogP contribution in [0.1, 0.15) is 0 Å². The van der Waals surface area contributed by atoms with E-state index in [2.05, 4.69) is 241 Å². The van der Waals surface area contributed by atoms with Crippen LogP contribution in [0.2, 0.25) is 0 Å². The number of hydrogen-bond donors (Lipinski definition) is 0. The summed E-state index contributed by atoms with van der Waals surface area (Å²) in [5.74, 6) is 0. The van der Waals surface area contributed by atoms with E-state index >= 15 is 0 Å². The molecule has 0 aliphatic heterocycles. The van der Waals surface area contributed by atoms with Gasteiger partial charge >= 0.3 is 0 Å². The van der Waals surface area contributed by atoms with Crippen LogP contribution in [0.25, 0.3) is 88.3 Å². The van der Waals surface area contributed by atoms with Crippen molar-refractivity contribution < 1.29 is 4.42 Å². The Hall–Kier alpha value is -7.94. The maximum Gasteiger partial charge on any atom is 0.143 e. The molecule has 0 radical (unpaired) electrons. The first-order valence-corrected chi connectivity index (χ1v) is 20.5. The lowest BCUT2D eigenvalue weighted by atomic mass is 9.94. The Kier molecular flexibility index (Phi) is 8.87. The van der Waals surface area contributed by atoms with E-state index in [0.29, 0.717) is 0 Å². The average molecular weight is 766 g/mol. The van der Waals surface area contributed by atoms with Crippen LogP contribution in [0.4, 0.5) is 17.1 Å². The van der Waals surface area contributed by atoms with Gasteiger partial charge in [0.2, 0.25) is 0 Å². The van der Waals surface area contributed by atoms with Crippen LogP contribution in [0.5, 0.6) is 0 Å². The molecule has 11 aromatic rings. The maximum absolute atomic E-state index is 6.88. The summed E-state index contributed by atoms with van der Waals surface area (Å²) in [4.78, 5) is 2.44. The van der Waals surface area contributed by atoms with Gasteiger partial charge in [0.15, 0.2) is 0 Å². The van der Waals surface area contributed by atoms with E-state index in [0.717, 1.165) is 72.0 Å². The van der Waals surface area contributed by atoms with E-state index in [1.165, 1.54) is 33.4 Å². The standard InChI is InChI=1S/C58H39NO/c1-4-16-40(17-5-1)43-30-32-45(33-31-43)49-24-12-13-28-54(49)59(48-36-34-44(35-37-48)41-18-6-2-7-19-41)55-39-53-57-50(47-23-14-22-46(38-47)42-20-8-3-9-21-42)27-15-29-56(57)60-58(53)52-26-11-10-25-51(52)55/h1-39H. The molecule has 0 aliphatic carbocycles. The average Bonchev–Trinajstić information content (AvgIpc) is 3.72. The van der Waals surface area contributed by atoms with Gasteiger partial charge in [0, 0.05) is 32.8 Å². The zero-order valence-corrected chi connectivity index (χ0v) is 32.9. The number of benzene rings is 10. The minimum Gasteiger partial charge on any atom is -0.455 e. The second-order valence-electron chi connectivity index (χ2n) is 15.3. The van der Waals surface area contributed by atoms with Crippen LogP contribution in [-0.4, -0.2) is 0 Å². The molecule has 282 valence electrons. The molecule has 10 aromatic carbocycles. The smallest absolute Gasteiger partial charge is 0.143 e. The molecule has 0 bridgehead atoms. The third-order valence-corrected chi connectivity index (χ3v) is 11.7. The Morgan fingerprint density at radius 3 is 1.45 bits per heavy atom. The molecular formula is C58H39NO. The Balaban J connectivity index is 1.15. The Bertz CT molecular complexity index is 3280. The predicted molar refractivity (Wildman–Crippen MR) is 253 cm³/mol. The zero-order chi connectivity index (χ0) is 39.8. The fourth-order valence-corrected chi connectivity index (χ4v) is 8.78. The first kappa shape index (κ1) is 35.2. The molecule has 60 heavy (non-hydrogen) atoms. The fraction of sp³-hybridized carbons (Fsp3) is 0. The number of rotatable bonds is 8. The number of anilines is 3. The summed E-state index contributed by atoms with van der Waals surface area (Å²) < 4.78 is 6.88. The van der Waals surface area contributed by atoms with Crippen molar-refractivity contribution in [1.29, 1.82) is 0 Å². The van der Waals surface area contributed by atoms with Gasteiger partial charge in [-0.2, -0.15) is 0 Å². The van der Waals surface area contributed by atoms with Crippen LogP contribution in [0.3, 0.4) is 0 Å². The molecule has 11 rings (SSSR count). The molecule has 1 aromatic heterocycles. The monoisotopic (exact) mass is 765 g/mol. The zero-order valence-electron chi connectivity index (χ0n) is 32.9. The number of fused-ring (bicyclic) bond motifs is 5. The highest BCUT2D eigenvalue weighted by Gasteiger charge is 2.24. The van der Waals surface area contributed by atoms with Crippen molar-refractivity contribution in [3.05, 3.63) is 237 Å². The summed E-state index contributed by atoms with van der Waals surface area (Å²) >= 11 is 0. The van der Waals surface area contributed by atoms with Crippen LogP contribution < -0.4 is 4.90 Å². The summed E-state index contributed by atoms with van der Waals surface area (Å²) in [5.41, 5.74) is 16.7. The number of furan rings is 1. The van der Waals surface area contributed by atoms with Crippen molar-refractivity contribution in [3.8, 4) is 55.6 Å². The minimum atomic E-state index is 0.868. The second kappa shape index (κ2) is 15.1. The first-order valence-electron chi connectivity index (χ1n) is 20.5. The molecule has 2 heteroatoms. The molecule has 2 nitrogen and oxygen atoms in total. The van der Waals surface area contributed by atoms with E-state index in [4.69, 9.17) is 4.42 Å². The molecule has 0 aliphatic rings. The normalized spacial score (nSPS) is 11.3. The Labute approximate surface area is 349 Å². The van der Waals surface area contributed by atoms with Gasteiger partial charge in [-0.3, -0.25) is 0 Å². The summed E-state index contributed by atoms with van der Waals surface area (Å²) in [5, 5.41) is 4.36. The molecule has 0 saturated heterocycles. The van der Waals surface area contributed by atoms with Crippen LogP contribution in [0.15, 0.2) is 241 Å². The number of nitrogens with zero attached hydrogens (tertiary/aromatic N) is 1. The van der Waals surface area contributed by atoms with Gasteiger partial charge in [-0.15, -0.1) is 0 Å². The summed E-state index contributed by atoms with van der Waals surface area (Å²) in [6.07, 6.45) is 0. The Morgan fingerprint density at radius 2 is 0.767 bits per heavy atom. The minimum absolute atomic E-state index is 0.868. The SMILES string of the molecule is c1ccc(-c2ccc(-c3ccccc3N(c3ccc(-c4ccccc4)cc3)c3cc4c(oc5cccc(-c6cccc(-c7ccccc7)c6)c54)c4ccccc34)cc2)cc1. The second-order valence-corrected chi connectivity index (χ2v) is 15.3. The van der Waals surface area contributed by atoms with E-state index in [-0.39, 0.29) is 0 Å². The van der Waals surface area contributed by atoms with Gasteiger partial charge in [0.05, 0.1) is 11.4 Å². The van der Waals surface area contributed by atoms with E-state index in [9.17, 15) is 0 Å². The quantitative estimate of drug-likeness (QED) is 0.153. The molecule has 1 heterocycles. The number of hydrogen-bond acceptors (Lipinski definition) is 2. The molecule has 0 atom stereocenters. The lowest BCUT2D eigenvalue weighted by Gasteiger charge is -2.29. The largest absolute Gasteiger partial charge is 0.455 e. The molecule has 0 spiro atoms. The van der Waals surface area contributed by atoms with Gasteiger partial charge < -0.3 is 9.32 Å². The highest BCUT2D eigenvalue weighted by molar-refractivity contribution is 6.22. The highest BCUT2D eigenvalue weighted by atomic mass is 16.3. The molecule has 0 amide bonds. The van der Waals surface area contributed by atoms with Crippen molar-refractivity contribution in [2.45, 2.75) is 0 Å². The van der Waals surface area contributed by atoms with Crippen LogP contribution in [-0.2, 0) is 0 Å². The molecule has 0 saturated carbocycles. The van der Waals surface area contributed by atoms with Gasteiger partial charge in [-0.1, -0.05) is 200 Å². The van der Waals surface area contributed by atoms with Gasteiger partial charge in [0.1, 0.15) is 11.2 Å². The van der Waals surface area contributed by atoms with Crippen LogP contribution >= 0.6 is 0 Å². The number of para-hydroxylation sites is 1. The van der Waals surface area contributed by atoms with Gasteiger partial charge in [-0.25, -0.2) is 0 Å². The molecule has 0 fully saturated rings. The highest BCUT2D eigenvalue weighted by Crippen LogP contribution is 2.48. The summed E-state index contributed by atoms with van der Waals surface area (Å²) in [6, 6.07) is 84.8. The van der Waals surface area contributed by atoms with Crippen molar-refractivity contribution in [1.82, 2.24) is 0 Å². The maximum atomic E-state index is 6.88. The predicted octanol–water partition coefficient (Wildman–Crippen LogP) is 16.5. The van der Waals surface area contributed by atoms with Crippen LogP contribution in [0, 0.1) is 0 Å². The van der Waals surface area contributed by atoms with Crippen molar-refractivity contribution in [2.24, 2.45) is 0 Å². The van der Waals surface area contributed by atoms with Crippen molar-refractivity contribution >= 4 is 49.8 Å². The first-order chi connectivity index (χ1) is 29.8. The summed E-state index contributed by atoms with van der Waals surface area (Å²) in [6.45, 7) is 0. The lowest BCUT2D eigenvalue weighted by Crippen LogP contribution is -2.12. The van der Waals surface area contributed by atoms with E-state index in [1.807, 2.05) is 0 Å². The molecule has 0 unspecified atom stereocenters. The van der Waals surface area contributed by atoms with E-state index < -0.39 is 0 Å². The van der Waals surface area contributed by atoms with Gasteiger partial charge in [0.25, 0.3) is 0 Å². The van der Waals surface area contributed by atoms with E-state index in [1.54, 1.807) is 0 Å². The van der Waals surface area contributed by atoms with Crippen molar-refractivity contribution in [3.63, 3.8) is 0 Å². The topological polar surface area (TPSA) is 16.4 Å².